The maximum atomic E-state index is 9.36. The van der Waals surface area contributed by atoms with Gasteiger partial charge in [0.05, 0.1) is 0 Å². The molecule has 1 saturated heterocycles. The second kappa shape index (κ2) is 12.6. The molecule has 29 heavy (non-hydrogen) atoms. The average Bonchev–Trinajstić information content (AvgIpc) is 2.74. The van der Waals surface area contributed by atoms with Crippen molar-refractivity contribution in [2.75, 3.05) is 31.1 Å². The van der Waals surface area contributed by atoms with Gasteiger partial charge in [0.25, 0.3) is 0 Å². The van der Waals surface area contributed by atoms with Crippen LogP contribution >= 0.6 is 24.0 Å². The first-order valence-electron chi connectivity index (χ1n) is 10.4. The number of phenols is 1. The quantitative estimate of drug-likeness (QED) is 0.228. The Labute approximate surface area is 191 Å². The highest BCUT2D eigenvalue weighted by molar-refractivity contribution is 14.0. The van der Waals surface area contributed by atoms with E-state index in [-0.39, 0.29) is 24.0 Å². The molecule has 5 nitrogen and oxygen atoms in total. The molecule has 0 unspecified atom stereocenters. The summed E-state index contributed by atoms with van der Waals surface area (Å²) in [5.41, 5.74) is 2.55. The lowest BCUT2D eigenvalue weighted by atomic mass is 10.0. The largest absolute Gasteiger partial charge is 0.508 e. The highest BCUT2D eigenvalue weighted by atomic mass is 127. The Morgan fingerprint density at radius 2 is 1.76 bits per heavy atom. The number of halogens is 1. The number of nitrogens with zero attached hydrogens (tertiary/aromatic N) is 2. The van der Waals surface area contributed by atoms with Crippen LogP contribution in [0, 0.1) is 0 Å². The van der Waals surface area contributed by atoms with Gasteiger partial charge in [0, 0.05) is 37.9 Å². The first kappa shape index (κ1) is 23.3. The third kappa shape index (κ3) is 7.76. The van der Waals surface area contributed by atoms with E-state index in [4.69, 9.17) is 4.99 Å². The fourth-order valence-corrected chi connectivity index (χ4v) is 3.57. The fraction of sp³-hybridized carbons (Fsp3) is 0.435. The number of guanidine groups is 1. The molecule has 0 spiro atoms. The van der Waals surface area contributed by atoms with Crippen molar-refractivity contribution in [3.8, 4) is 5.75 Å². The maximum absolute atomic E-state index is 9.36. The van der Waals surface area contributed by atoms with E-state index in [1.165, 1.54) is 11.3 Å². The number of phenolic OH excluding ortho intramolecular Hbond substituents is 1. The molecule has 1 heterocycles. The number of anilines is 1. The average molecular weight is 508 g/mol. The van der Waals surface area contributed by atoms with Crippen LogP contribution in [0.15, 0.2) is 59.6 Å². The van der Waals surface area contributed by atoms with E-state index in [1.807, 2.05) is 12.1 Å². The molecule has 1 aliphatic heterocycles. The summed E-state index contributed by atoms with van der Waals surface area (Å²) < 4.78 is 0. The van der Waals surface area contributed by atoms with Gasteiger partial charge in [-0.1, -0.05) is 30.3 Å². The minimum Gasteiger partial charge on any atom is -0.508 e. The number of nitrogens with one attached hydrogen (secondary N) is 2. The zero-order valence-electron chi connectivity index (χ0n) is 17.2. The molecule has 0 atom stereocenters. The zero-order chi connectivity index (χ0) is 19.6. The first-order valence-corrected chi connectivity index (χ1v) is 10.4. The SMILES string of the molecule is CCNC(=NCCCc1ccc(O)cc1)NC1CCN(c2ccccc2)CC1.I. The van der Waals surface area contributed by atoms with E-state index in [1.54, 1.807) is 12.1 Å². The van der Waals surface area contributed by atoms with Crippen LogP contribution in [-0.2, 0) is 6.42 Å². The molecule has 158 valence electrons. The van der Waals surface area contributed by atoms with Crippen molar-refractivity contribution in [1.29, 1.82) is 0 Å². The monoisotopic (exact) mass is 508 g/mol. The van der Waals surface area contributed by atoms with Crippen molar-refractivity contribution in [2.45, 2.75) is 38.6 Å². The van der Waals surface area contributed by atoms with E-state index in [9.17, 15) is 5.11 Å². The fourth-order valence-electron chi connectivity index (χ4n) is 3.57. The highest BCUT2D eigenvalue weighted by Crippen LogP contribution is 2.19. The number of aromatic hydroxyl groups is 1. The standard InChI is InChI=1S/C23H32N4O.HI/c1-2-24-23(25-16-6-7-19-10-12-22(28)13-11-19)26-20-14-17-27(18-15-20)21-8-4-3-5-9-21;/h3-5,8-13,20,28H,2,6-7,14-18H2,1H3,(H2,24,25,26);1H. The lowest BCUT2D eigenvalue weighted by Gasteiger charge is -2.34. The van der Waals surface area contributed by atoms with Crippen molar-refractivity contribution >= 4 is 35.6 Å². The molecule has 1 fully saturated rings. The van der Waals surface area contributed by atoms with Crippen LogP contribution in [0.2, 0.25) is 0 Å². The van der Waals surface area contributed by atoms with E-state index >= 15 is 0 Å². The normalized spacial score (nSPS) is 14.9. The summed E-state index contributed by atoms with van der Waals surface area (Å²) in [5.74, 6) is 1.24. The second-order valence-electron chi connectivity index (χ2n) is 7.27. The van der Waals surface area contributed by atoms with Crippen LogP contribution in [0.1, 0.15) is 31.7 Å². The van der Waals surface area contributed by atoms with Crippen molar-refractivity contribution in [3.05, 3.63) is 60.2 Å². The number of aryl methyl sites for hydroxylation is 1. The number of aliphatic imine (C=N–C) groups is 1. The number of benzene rings is 2. The van der Waals surface area contributed by atoms with E-state index in [0.29, 0.717) is 11.8 Å². The van der Waals surface area contributed by atoms with Crippen molar-refractivity contribution < 1.29 is 5.11 Å². The lowest BCUT2D eigenvalue weighted by molar-refractivity contribution is 0.461. The zero-order valence-corrected chi connectivity index (χ0v) is 19.5. The molecular weight excluding hydrogens is 475 g/mol. The summed E-state index contributed by atoms with van der Waals surface area (Å²) in [6.07, 6.45) is 4.20. The Kier molecular flexibility index (Phi) is 10.1. The molecule has 0 amide bonds. The molecule has 1 aliphatic rings. The van der Waals surface area contributed by atoms with Gasteiger partial charge in [0.1, 0.15) is 5.75 Å². The van der Waals surface area contributed by atoms with E-state index in [2.05, 4.69) is 52.8 Å². The highest BCUT2D eigenvalue weighted by Gasteiger charge is 2.20. The van der Waals surface area contributed by atoms with Gasteiger partial charge in [0.2, 0.25) is 0 Å². The smallest absolute Gasteiger partial charge is 0.191 e. The topological polar surface area (TPSA) is 59.9 Å². The lowest BCUT2D eigenvalue weighted by Crippen LogP contribution is -2.48. The third-order valence-corrected chi connectivity index (χ3v) is 5.13. The first-order chi connectivity index (χ1) is 13.7. The van der Waals surface area contributed by atoms with Gasteiger partial charge in [0.15, 0.2) is 5.96 Å². The van der Waals surface area contributed by atoms with E-state index in [0.717, 1.165) is 57.8 Å². The van der Waals surface area contributed by atoms with Gasteiger partial charge in [-0.15, -0.1) is 24.0 Å². The minimum atomic E-state index is 0. The Hall–Kier alpha value is -1.96. The molecular formula is C23H33IN4O. The predicted molar refractivity (Wildman–Crippen MR) is 133 cm³/mol. The van der Waals surface area contributed by atoms with Gasteiger partial charge in [-0.05, 0) is 62.4 Å². The molecule has 3 rings (SSSR count). The summed E-state index contributed by atoms with van der Waals surface area (Å²) in [6.45, 7) is 5.90. The summed E-state index contributed by atoms with van der Waals surface area (Å²) in [4.78, 5) is 7.21. The number of para-hydroxylation sites is 1. The van der Waals surface area contributed by atoms with Gasteiger partial charge in [-0.3, -0.25) is 4.99 Å². The molecule has 0 aliphatic carbocycles. The van der Waals surface area contributed by atoms with Crippen molar-refractivity contribution in [2.24, 2.45) is 4.99 Å². The minimum absolute atomic E-state index is 0. The summed E-state index contributed by atoms with van der Waals surface area (Å²) in [6, 6.07) is 18.6. The number of piperidine rings is 1. The number of hydrogen-bond acceptors (Lipinski definition) is 3. The Morgan fingerprint density at radius 1 is 1.07 bits per heavy atom. The van der Waals surface area contributed by atoms with Crippen LogP contribution < -0.4 is 15.5 Å². The Bertz CT molecular complexity index is 728. The van der Waals surface area contributed by atoms with Gasteiger partial charge in [-0.25, -0.2) is 0 Å². The van der Waals surface area contributed by atoms with Gasteiger partial charge in [-0.2, -0.15) is 0 Å². The predicted octanol–water partition coefficient (Wildman–Crippen LogP) is 4.17. The van der Waals surface area contributed by atoms with Crippen molar-refractivity contribution in [3.63, 3.8) is 0 Å². The molecule has 0 radical (unpaired) electrons. The molecule has 0 aromatic heterocycles. The van der Waals surface area contributed by atoms with Crippen molar-refractivity contribution in [1.82, 2.24) is 10.6 Å². The molecule has 0 saturated carbocycles. The maximum Gasteiger partial charge on any atom is 0.191 e. The van der Waals surface area contributed by atoms with Crippen LogP contribution in [-0.4, -0.2) is 43.3 Å². The van der Waals surface area contributed by atoms with Crippen LogP contribution in [0.3, 0.4) is 0 Å². The molecule has 3 N–H and O–H groups in total. The summed E-state index contributed by atoms with van der Waals surface area (Å²) in [7, 11) is 0. The van der Waals surface area contributed by atoms with Crippen LogP contribution in [0.25, 0.3) is 0 Å². The summed E-state index contributed by atoms with van der Waals surface area (Å²) >= 11 is 0. The molecule has 2 aromatic carbocycles. The van der Waals surface area contributed by atoms with Gasteiger partial charge >= 0.3 is 0 Å². The Morgan fingerprint density at radius 3 is 2.41 bits per heavy atom. The Balaban J connectivity index is 0.00000300. The van der Waals surface area contributed by atoms with Crippen LogP contribution in [0.4, 0.5) is 5.69 Å². The second-order valence-corrected chi connectivity index (χ2v) is 7.27. The number of rotatable bonds is 7. The van der Waals surface area contributed by atoms with Crippen LogP contribution in [0.5, 0.6) is 5.75 Å². The van der Waals surface area contributed by atoms with E-state index < -0.39 is 0 Å². The molecule has 2 aromatic rings. The third-order valence-electron chi connectivity index (χ3n) is 5.13. The number of hydrogen-bond donors (Lipinski definition) is 3. The molecule has 0 bridgehead atoms. The van der Waals surface area contributed by atoms with Gasteiger partial charge < -0.3 is 20.6 Å². The summed E-state index contributed by atoms with van der Waals surface area (Å²) in [5, 5.41) is 16.3. The molecule has 6 heteroatoms.